The number of esters is 2. The van der Waals surface area contributed by atoms with Crippen LogP contribution < -0.4 is 4.72 Å². The highest BCUT2D eigenvalue weighted by Gasteiger charge is 2.13. The SMILES string of the molecule is COC(=O)c1ccc(CS(=O)(=O)Nc2ccc(C(=O)OC)cc2)cc1. The van der Waals surface area contributed by atoms with E-state index in [1.165, 1.54) is 50.6 Å². The number of ether oxygens (including phenoxy) is 2. The molecule has 2 rings (SSSR count). The van der Waals surface area contributed by atoms with Crippen LogP contribution in [-0.2, 0) is 25.2 Å². The number of methoxy groups -OCH3 is 2. The highest BCUT2D eigenvalue weighted by Crippen LogP contribution is 2.15. The maximum absolute atomic E-state index is 12.2. The van der Waals surface area contributed by atoms with Gasteiger partial charge >= 0.3 is 11.9 Å². The van der Waals surface area contributed by atoms with Gasteiger partial charge in [0.15, 0.2) is 0 Å². The van der Waals surface area contributed by atoms with Crippen molar-refractivity contribution in [3.63, 3.8) is 0 Å². The Kier molecular flexibility index (Phi) is 5.76. The third kappa shape index (κ3) is 5.05. The average Bonchev–Trinajstić information content (AvgIpc) is 2.61. The monoisotopic (exact) mass is 363 g/mol. The van der Waals surface area contributed by atoms with Crippen LogP contribution in [0.25, 0.3) is 0 Å². The molecule has 2 aromatic rings. The van der Waals surface area contributed by atoms with Crippen molar-refractivity contribution in [3.05, 3.63) is 65.2 Å². The maximum Gasteiger partial charge on any atom is 0.337 e. The Hall–Kier alpha value is -2.87. The summed E-state index contributed by atoms with van der Waals surface area (Å²) in [6.07, 6.45) is 0. The summed E-state index contributed by atoms with van der Waals surface area (Å²) < 4.78 is 36.0. The van der Waals surface area contributed by atoms with Gasteiger partial charge in [0.25, 0.3) is 0 Å². The molecular weight excluding hydrogens is 346 g/mol. The van der Waals surface area contributed by atoms with Crippen molar-refractivity contribution in [1.82, 2.24) is 0 Å². The summed E-state index contributed by atoms with van der Waals surface area (Å²) in [6, 6.07) is 12.0. The highest BCUT2D eigenvalue weighted by atomic mass is 32.2. The molecule has 0 saturated carbocycles. The molecule has 8 heteroatoms. The van der Waals surface area contributed by atoms with Crippen LogP contribution in [0.4, 0.5) is 5.69 Å². The van der Waals surface area contributed by atoms with Crippen molar-refractivity contribution in [2.24, 2.45) is 0 Å². The van der Waals surface area contributed by atoms with Crippen LogP contribution in [0.5, 0.6) is 0 Å². The van der Waals surface area contributed by atoms with E-state index >= 15 is 0 Å². The molecule has 0 saturated heterocycles. The molecular formula is C17H17NO6S. The average molecular weight is 363 g/mol. The first kappa shape index (κ1) is 18.5. The molecule has 0 aliphatic carbocycles. The molecule has 0 spiro atoms. The van der Waals surface area contributed by atoms with Crippen molar-refractivity contribution in [1.29, 1.82) is 0 Å². The van der Waals surface area contributed by atoms with Gasteiger partial charge in [-0.15, -0.1) is 0 Å². The number of nitrogens with one attached hydrogen (secondary N) is 1. The fraction of sp³-hybridized carbons (Fsp3) is 0.176. The van der Waals surface area contributed by atoms with Gasteiger partial charge in [0.2, 0.25) is 10.0 Å². The number of anilines is 1. The standard InChI is InChI=1S/C17H17NO6S/c1-23-16(19)13-5-3-12(4-6-13)11-25(21,22)18-15-9-7-14(8-10-15)17(20)24-2/h3-10,18H,11H2,1-2H3. The molecule has 0 heterocycles. The second-order valence-electron chi connectivity index (χ2n) is 5.12. The van der Waals surface area contributed by atoms with Crippen LogP contribution >= 0.6 is 0 Å². The minimum Gasteiger partial charge on any atom is -0.465 e. The zero-order valence-electron chi connectivity index (χ0n) is 13.7. The number of hydrogen-bond acceptors (Lipinski definition) is 6. The molecule has 0 aromatic heterocycles. The highest BCUT2D eigenvalue weighted by molar-refractivity contribution is 7.91. The normalized spacial score (nSPS) is 10.8. The Balaban J connectivity index is 2.06. The fourth-order valence-corrected chi connectivity index (χ4v) is 3.28. The van der Waals surface area contributed by atoms with Gasteiger partial charge in [-0.2, -0.15) is 0 Å². The van der Waals surface area contributed by atoms with Crippen molar-refractivity contribution >= 4 is 27.6 Å². The zero-order valence-corrected chi connectivity index (χ0v) is 14.5. The second kappa shape index (κ2) is 7.80. The molecule has 2 aromatic carbocycles. The van der Waals surface area contributed by atoms with Gasteiger partial charge < -0.3 is 9.47 Å². The predicted molar refractivity (Wildman–Crippen MR) is 91.8 cm³/mol. The molecule has 0 fully saturated rings. The smallest absolute Gasteiger partial charge is 0.337 e. The lowest BCUT2D eigenvalue weighted by Gasteiger charge is -2.09. The van der Waals surface area contributed by atoms with Crippen molar-refractivity contribution in [2.45, 2.75) is 5.75 Å². The van der Waals surface area contributed by atoms with Gasteiger partial charge in [-0.1, -0.05) is 12.1 Å². The molecule has 0 atom stereocenters. The van der Waals surface area contributed by atoms with Crippen LogP contribution in [0.1, 0.15) is 26.3 Å². The van der Waals surface area contributed by atoms with Gasteiger partial charge in [0.1, 0.15) is 0 Å². The van der Waals surface area contributed by atoms with E-state index in [-0.39, 0.29) is 5.75 Å². The number of rotatable bonds is 6. The first-order chi connectivity index (χ1) is 11.8. The van der Waals surface area contributed by atoms with Crippen LogP contribution in [0, 0.1) is 0 Å². The van der Waals surface area contributed by atoms with E-state index < -0.39 is 22.0 Å². The minimum absolute atomic E-state index is 0.257. The predicted octanol–water partition coefficient (Wildman–Crippen LogP) is 2.20. The quantitative estimate of drug-likeness (QED) is 0.790. The summed E-state index contributed by atoms with van der Waals surface area (Å²) in [5, 5.41) is 0. The summed E-state index contributed by atoms with van der Waals surface area (Å²) in [6.45, 7) is 0. The van der Waals surface area contributed by atoms with Crippen molar-refractivity contribution < 1.29 is 27.5 Å². The fourth-order valence-electron chi connectivity index (χ4n) is 2.08. The number of carbonyl (C=O) groups is 2. The zero-order chi connectivity index (χ0) is 18.4. The first-order valence-electron chi connectivity index (χ1n) is 7.21. The molecule has 0 unspecified atom stereocenters. The first-order valence-corrected chi connectivity index (χ1v) is 8.86. The lowest BCUT2D eigenvalue weighted by molar-refractivity contribution is 0.0592. The van der Waals surface area contributed by atoms with Gasteiger partial charge in [-0.05, 0) is 42.0 Å². The van der Waals surface area contributed by atoms with E-state index in [1.807, 2.05) is 0 Å². The van der Waals surface area contributed by atoms with Crippen LogP contribution in [0.3, 0.4) is 0 Å². The number of carbonyl (C=O) groups excluding carboxylic acids is 2. The van der Waals surface area contributed by atoms with Gasteiger partial charge in [-0.25, -0.2) is 18.0 Å². The van der Waals surface area contributed by atoms with Crippen LogP contribution in [-0.4, -0.2) is 34.6 Å². The van der Waals surface area contributed by atoms with E-state index in [4.69, 9.17) is 0 Å². The summed E-state index contributed by atoms with van der Waals surface area (Å²) in [7, 11) is -1.11. The summed E-state index contributed by atoms with van der Waals surface area (Å²) in [5.41, 5.74) is 1.52. The Bertz CT molecular complexity index is 790. The molecule has 132 valence electrons. The summed E-state index contributed by atoms with van der Waals surface area (Å²) in [4.78, 5) is 22.7. The summed E-state index contributed by atoms with van der Waals surface area (Å²) >= 11 is 0. The second-order valence-corrected chi connectivity index (χ2v) is 6.84. The minimum atomic E-state index is -3.65. The Morgan fingerprint density at radius 2 is 1.28 bits per heavy atom. The van der Waals surface area contributed by atoms with Crippen LogP contribution in [0.2, 0.25) is 0 Å². The number of benzene rings is 2. The number of hydrogen-bond donors (Lipinski definition) is 1. The van der Waals surface area contributed by atoms with Crippen LogP contribution in [0.15, 0.2) is 48.5 Å². The topological polar surface area (TPSA) is 98.8 Å². The molecule has 0 radical (unpaired) electrons. The third-order valence-electron chi connectivity index (χ3n) is 3.31. The molecule has 0 aliphatic heterocycles. The van der Waals surface area contributed by atoms with E-state index in [1.54, 1.807) is 12.1 Å². The lowest BCUT2D eigenvalue weighted by atomic mass is 10.1. The third-order valence-corrected chi connectivity index (χ3v) is 4.57. The molecule has 1 N–H and O–H groups in total. The Morgan fingerprint density at radius 1 is 0.840 bits per heavy atom. The van der Waals surface area contributed by atoms with E-state index in [2.05, 4.69) is 14.2 Å². The van der Waals surface area contributed by atoms with E-state index in [9.17, 15) is 18.0 Å². The van der Waals surface area contributed by atoms with Gasteiger partial charge in [-0.3, -0.25) is 4.72 Å². The van der Waals surface area contributed by atoms with E-state index in [0.717, 1.165) is 0 Å². The van der Waals surface area contributed by atoms with E-state index in [0.29, 0.717) is 22.4 Å². The molecule has 25 heavy (non-hydrogen) atoms. The molecule has 7 nitrogen and oxygen atoms in total. The van der Waals surface area contributed by atoms with Crippen molar-refractivity contribution in [3.8, 4) is 0 Å². The van der Waals surface area contributed by atoms with Gasteiger partial charge in [0, 0.05) is 5.69 Å². The number of sulfonamides is 1. The molecule has 0 aliphatic rings. The van der Waals surface area contributed by atoms with Crippen molar-refractivity contribution in [2.75, 3.05) is 18.9 Å². The summed E-state index contributed by atoms with van der Waals surface area (Å²) in [5.74, 6) is -1.24. The maximum atomic E-state index is 12.2. The lowest BCUT2D eigenvalue weighted by Crippen LogP contribution is -2.15. The van der Waals surface area contributed by atoms with Gasteiger partial charge in [0.05, 0.1) is 31.1 Å². The Morgan fingerprint density at radius 3 is 1.72 bits per heavy atom. The molecule has 0 bridgehead atoms. The molecule has 0 amide bonds. The Labute approximate surface area is 145 Å². The largest absolute Gasteiger partial charge is 0.465 e.